The Labute approximate surface area is 180 Å². The summed E-state index contributed by atoms with van der Waals surface area (Å²) in [5.41, 5.74) is 3.28. The van der Waals surface area contributed by atoms with Crippen LogP contribution in [0.3, 0.4) is 0 Å². The van der Waals surface area contributed by atoms with Gasteiger partial charge in [0.15, 0.2) is 0 Å². The highest BCUT2D eigenvalue weighted by Crippen LogP contribution is 2.20. The Morgan fingerprint density at radius 3 is 2.27 bits per heavy atom. The van der Waals surface area contributed by atoms with Gasteiger partial charge in [-0.25, -0.2) is 0 Å². The van der Waals surface area contributed by atoms with E-state index in [4.69, 9.17) is 11.6 Å². The Bertz CT molecular complexity index is 950. The fourth-order valence-corrected chi connectivity index (χ4v) is 3.00. The highest BCUT2D eigenvalue weighted by atomic mass is 35.5. The Hall–Kier alpha value is -3.13. The van der Waals surface area contributed by atoms with Gasteiger partial charge in [-0.05, 0) is 31.6 Å². The molecule has 0 radical (unpaired) electrons. The fraction of sp³-hybridized carbons (Fsp3) is 0.333. The maximum atomic E-state index is 12.6. The van der Waals surface area contributed by atoms with E-state index < -0.39 is 17.8 Å². The quantitative estimate of drug-likeness (QED) is 0.469. The largest absolute Gasteiger partial charge is 0.468 e. The van der Waals surface area contributed by atoms with Crippen LogP contribution in [0.25, 0.3) is 6.08 Å². The lowest BCUT2D eigenvalue weighted by atomic mass is 10.1. The zero-order chi connectivity index (χ0) is 22.3. The summed E-state index contributed by atoms with van der Waals surface area (Å²) in [7, 11) is 2.41. The molecule has 0 aliphatic carbocycles. The predicted octanol–water partition coefficient (Wildman–Crippen LogP) is 2.39. The van der Waals surface area contributed by atoms with Gasteiger partial charge in [0.25, 0.3) is 0 Å². The summed E-state index contributed by atoms with van der Waals surface area (Å²) < 4.78 is 11.0. The zero-order valence-electron chi connectivity index (χ0n) is 17.3. The van der Waals surface area contributed by atoms with Crippen molar-refractivity contribution < 1.29 is 23.9 Å². The molecular formula is C21H24ClN3O5. The van der Waals surface area contributed by atoms with E-state index in [0.29, 0.717) is 11.6 Å². The van der Waals surface area contributed by atoms with Crippen molar-refractivity contribution >= 4 is 35.5 Å². The number of hydrogen-bond acceptors (Lipinski definition) is 6. The summed E-state index contributed by atoms with van der Waals surface area (Å²) in [6.45, 7) is 3.49. The number of carbonyl (C=O) groups excluding carboxylic acids is 3. The topological polar surface area (TPSA) is 90.7 Å². The molecule has 1 aromatic heterocycles. The number of amides is 1. The molecule has 0 N–H and O–H groups in total. The van der Waals surface area contributed by atoms with Crippen molar-refractivity contribution in [3.63, 3.8) is 0 Å². The van der Waals surface area contributed by atoms with Gasteiger partial charge in [0.1, 0.15) is 13.1 Å². The molecule has 1 aromatic carbocycles. The van der Waals surface area contributed by atoms with Gasteiger partial charge in [-0.2, -0.15) is 5.10 Å². The molecule has 9 heteroatoms. The van der Waals surface area contributed by atoms with Crippen LogP contribution in [-0.2, 0) is 30.4 Å². The number of benzene rings is 1. The lowest BCUT2D eigenvalue weighted by Crippen LogP contribution is -2.39. The first-order valence-corrected chi connectivity index (χ1v) is 9.52. The van der Waals surface area contributed by atoms with Crippen LogP contribution in [0.15, 0.2) is 30.3 Å². The Balaban J connectivity index is 2.21. The first-order valence-electron chi connectivity index (χ1n) is 9.14. The second-order valence-electron chi connectivity index (χ2n) is 6.51. The number of esters is 2. The maximum Gasteiger partial charge on any atom is 0.325 e. The molecule has 1 heterocycles. The molecule has 0 atom stereocenters. The van der Waals surface area contributed by atoms with Gasteiger partial charge in [0, 0.05) is 22.4 Å². The van der Waals surface area contributed by atoms with Crippen LogP contribution >= 0.6 is 11.6 Å². The molecule has 0 bridgehead atoms. The summed E-state index contributed by atoms with van der Waals surface area (Å²) in [6.07, 6.45) is 2.91. The third-order valence-electron chi connectivity index (χ3n) is 4.51. The lowest BCUT2D eigenvalue weighted by Gasteiger charge is -2.18. The van der Waals surface area contributed by atoms with Gasteiger partial charge in [-0.1, -0.05) is 29.8 Å². The average Bonchev–Trinajstić information content (AvgIpc) is 2.99. The number of ether oxygens (including phenoxy) is 2. The molecule has 0 spiro atoms. The van der Waals surface area contributed by atoms with Gasteiger partial charge < -0.3 is 14.4 Å². The summed E-state index contributed by atoms with van der Waals surface area (Å²) in [5, 5.41) is 5.18. The minimum absolute atomic E-state index is 0.363. The van der Waals surface area contributed by atoms with Crippen molar-refractivity contribution in [3.8, 4) is 0 Å². The number of halogens is 1. The molecule has 8 nitrogen and oxygen atoms in total. The summed E-state index contributed by atoms with van der Waals surface area (Å²) >= 11 is 6.24. The van der Waals surface area contributed by atoms with Crippen molar-refractivity contribution in [1.29, 1.82) is 0 Å². The monoisotopic (exact) mass is 433 g/mol. The summed E-state index contributed by atoms with van der Waals surface area (Å²) in [6, 6.07) is 7.51. The van der Waals surface area contributed by atoms with E-state index in [9.17, 15) is 14.4 Å². The van der Waals surface area contributed by atoms with Crippen LogP contribution in [0.5, 0.6) is 0 Å². The molecule has 30 heavy (non-hydrogen) atoms. The number of methoxy groups -OCH3 is 2. The minimum atomic E-state index is -0.638. The number of rotatable bonds is 8. The predicted molar refractivity (Wildman–Crippen MR) is 112 cm³/mol. The van der Waals surface area contributed by atoms with Crippen LogP contribution in [-0.4, -0.2) is 59.8 Å². The van der Waals surface area contributed by atoms with Crippen LogP contribution in [0.2, 0.25) is 5.02 Å². The minimum Gasteiger partial charge on any atom is -0.468 e. The summed E-state index contributed by atoms with van der Waals surface area (Å²) in [4.78, 5) is 36.7. The molecule has 1 amide bonds. The van der Waals surface area contributed by atoms with Crippen molar-refractivity contribution in [2.24, 2.45) is 0 Å². The average molecular weight is 434 g/mol. The number of aryl methyl sites for hydroxylation is 1. The van der Waals surface area contributed by atoms with E-state index >= 15 is 0 Å². The third-order valence-corrected chi connectivity index (χ3v) is 4.88. The SMILES string of the molecule is COC(=O)CN(CC(=O)OC)C(=O)/C=C/c1c(C)nn(Cc2ccccc2Cl)c1C. The zero-order valence-corrected chi connectivity index (χ0v) is 18.1. The Kier molecular flexibility index (Phi) is 8.17. The Morgan fingerprint density at radius 2 is 1.70 bits per heavy atom. The molecule has 0 aliphatic rings. The van der Waals surface area contributed by atoms with E-state index in [1.165, 1.54) is 20.3 Å². The van der Waals surface area contributed by atoms with Crippen LogP contribution in [0, 0.1) is 13.8 Å². The first-order chi connectivity index (χ1) is 14.3. The van der Waals surface area contributed by atoms with Gasteiger partial charge in [0.2, 0.25) is 5.91 Å². The highest BCUT2D eigenvalue weighted by molar-refractivity contribution is 6.31. The lowest BCUT2D eigenvalue weighted by molar-refractivity contribution is -0.150. The van der Waals surface area contributed by atoms with E-state index in [1.807, 2.05) is 38.1 Å². The maximum absolute atomic E-state index is 12.6. The standard InChI is InChI=1S/C21H24ClN3O5/c1-14-17(15(2)25(23-14)11-16-7-5-6-8-18(16)22)9-10-19(26)24(12-20(27)29-3)13-21(28)30-4/h5-10H,11-13H2,1-4H3/b10-9+. The van der Waals surface area contributed by atoms with Gasteiger partial charge in [0.05, 0.1) is 26.5 Å². The molecule has 0 unspecified atom stereocenters. The Morgan fingerprint density at radius 1 is 1.10 bits per heavy atom. The van der Waals surface area contributed by atoms with E-state index in [1.54, 1.807) is 10.8 Å². The molecule has 2 rings (SSSR count). The first kappa shape index (κ1) is 23.2. The number of hydrogen-bond donors (Lipinski definition) is 0. The third kappa shape index (κ3) is 5.93. The highest BCUT2D eigenvalue weighted by Gasteiger charge is 2.20. The molecular weight excluding hydrogens is 410 g/mol. The molecule has 0 saturated carbocycles. The van der Waals surface area contributed by atoms with E-state index in [-0.39, 0.29) is 13.1 Å². The molecule has 160 valence electrons. The molecule has 0 aliphatic heterocycles. The van der Waals surface area contributed by atoms with Crippen LogP contribution in [0.4, 0.5) is 0 Å². The molecule has 2 aromatic rings. The van der Waals surface area contributed by atoms with Crippen molar-refractivity contribution in [2.75, 3.05) is 27.3 Å². The number of nitrogens with zero attached hydrogens (tertiary/aromatic N) is 3. The number of carbonyl (C=O) groups is 3. The van der Waals surface area contributed by atoms with Gasteiger partial charge >= 0.3 is 11.9 Å². The van der Waals surface area contributed by atoms with Crippen molar-refractivity contribution in [3.05, 3.63) is 57.9 Å². The van der Waals surface area contributed by atoms with Crippen LogP contribution < -0.4 is 0 Å². The number of aromatic nitrogens is 2. The van der Waals surface area contributed by atoms with Gasteiger partial charge in [-0.15, -0.1) is 0 Å². The van der Waals surface area contributed by atoms with Gasteiger partial charge in [-0.3, -0.25) is 19.1 Å². The van der Waals surface area contributed by atoms with Crippen molar-refractivity contribution in [1.82, 2.24) is 14.7 Å². The normalized spacial score (nSPS) is 10.8. The molecule has 0 fully saturated rings. The second kappa shape index (κ2) is 10.6. The molecule has 0 saturated heterocycles. The van der Waals surface area contributed by atoms with Crippen LogP contribution in [0.1, 0.15) is 22.5 Å². The summed E-state index contributed by atoms with van der Waals surface area (Å²) in [5.74, 6) is -1.80. The fourth-order valence-electron chi connectivity index (χ4n) is 2.81. The van der Waals surface area contributed by atoms with E-state index in [2.05, 4.69) is 14.6 Å². The van der Waals surface area contributed by atoms with Crippen molar-refractivity contribution in [2.45, 2.75) is 20.4 Å². The van der Waals surface area contributed by atoms with E-state index in [0.717, 1.165) is 27.4 Å². The smallest absolute Gasteiger partial charge is 0.325 e. The second-order valence-corrected chi connectivity index (χ2v) is 6.92.